The summed E-state index contributed by atoms with van der Waals surface area (Å²) >= 11 is 5.90. The summed E-state index contributed by atoms with van der Waals surface area (Å²) in [5.41, 5.74) is 0.960. The van der Waals surface area contributed by atoms with E-state index < -0.39 is 0 Å². The summed E-state index contributed by atoms with van der Waals surface area (Å²) in [5, 5.41) is 7.12. The number of amides is 1. The van der Waals surface area contributed by atoms with Crippen molar-refractivity contribution < 1.29 is 4.79 Å². The Morgan fingerprint density at radius 3 is 3.11 bits per heavy atom. The summed E-state index contributed by atoms with van der Waals surface area (Å²) < 4.78 is 0. The van der Waals surface area contributed by atoms with Gasteiger partial charge in [-0.15, -0.1) is 0 Å². The number of hydrogen-bond acceptors (Lipinski definition) is 2. The van der Waals surface area contributed by atoms with E-state index in [0.717, 1.165) is 25.1 Å². The van der Waals surface area contributed by atoms with E-state index in [1.807, 2.05) is 24.3 Å². The molecule has 4 heteroatoms. The highest BCUT2D eigenvalue weighted by Crippen LogP contribution is 2.13. The number of hydrogen-bond donors (Lipinski definition) is 2. The van der Waals surface area contributed by atoms with E-state index in [-0.39, 0.29) is 11.9 Å². The summed E-state index contributed by atoms with van der Waals surface area (Å²) in [6.07, 6.45) is 1.40. The number of benzene rings is 1. The molecule has 0 bridgehead atoms. The fraction of sp³-hybridized carbons (Fsp3) is 0.500. The first kappa shape index (κ1) is 13.4. The Balaban J connectivity index is 1.88. The molecule has 2 unspecified atom stereocenters. The molecule has 1 aromatic rings. The monoisotopic (exact) mass is 266 g/mol. The Hall–Kier alpha value is -1.06. The SMILES string of the molecule is CC1CNCCC1NC(=O)Cc1cccc(Cl)c1. The average molecular weight is 267 g/mol. The van der Waals surface area contributed by atoms with Gasteiger partial charge in [-0.1, -0.05) is 30.7 Å². The summed E-state index contributed by atoms with van der Waals surface area (Å²) in [4.78, 5) is 12.0. The van der Waals surface area contributed by atoms with Crippen LogP contribution in [0.3, 0.4) is 0 Å². The lowest BCUT2D eigenvalue weighted by Gasteiger charge is -2.30. The highest BCUT2D eigenvalue weighted by Gasteiger charge is 2.22. The quantitative estimate of drug-likeness (QED) is 0.879. The van der Waals surface area contributed by atoms with Crippen molar-refractivity contribution in [2.45, 2.75) is 25.8 Å². The molecule has 0 aromatic heterocycles. The van der Waals surface area contributed by atoms with Crippen LogP contribution in [0.15, 0.2) is 24.3 Å². The maximum Gasteiger partial charge on any atom is 0.224 e. The maximum absolute atomic E-state index is 12.0. The maximum atomic E-state index is 12.0. The van der Waals surface area contributed by atoms with Crippen LogP contribution in [-0.2, 0) is 11.2 Å². The van der Waals surface area contributed by atoms with Crippen LogP contribution in [-0.4, -0.2) is 25.0 Å². The van der Waals surface area contributed by atoms with E-state index in [2.05, 4.69) is 17.6 Å². The molecule has 2 atom stereocenters. The lowest BCUT2D eigenvalue weighted by atomic mass is 9.95. The molecule has 0 saturated carbocycles. The van der Waals surface area contributed by atoms with Gasteiger partial charge in [0.05, 0.1) is 6.42 Å². The Morgan fingerprint density at radius 1 is 1.56 bits per heavy atom. The molecule has 1 amide bonds. The fourth-order valence-corrected chi connectivity index (χ4v) is 2.53. The fourth-order valence-electron chi connectivity index (χ4n) is 2.32. The topological polar surface area (TPSA) is 41.1 Å². The van der Waals surface area contributed by atoms with Crippen molar-refractivity contribution in [2.24, 2.45) is 5.92 Å². The van der Waals surface area contributed by atoms with Gasteiger partial charge in [0.25, 0.3) is 0 Å². The highest BCUT2D eigenvalue weighted by molar-refractivity contribution is 6.30. The van der Waals surface area contributed by atoms with Gasteiger partial charge in [0.15, 0.2) is 0 Å². The number of carbonyl (C=O) groups excluding carboxylic acids is 1. The van der Waals surface area contributed by atoms with Crippen molar-refractivity contribution in [3.8, 4) is 0 Å². The first-order valence-electron chi connectivity index (χ1n) is 6.39. The predicted octanol–water partition coefficient (Wildman–Crippen LogP) is 2.00. The Bertz CT molecular complexity index is 422. The zero-order valence-electron chi connectivity index (χ0n) is 10.6. The third kappa shape index (κ3) is 3.72. The van der Waals surface area contributed by atoms with Crippen LogP contribution in [0.1, 0.15) is 18.9 Å². The van der Waals surface area contributed by atoms with E-state index in [9.17, 15) is 4.79 Å². The predicted molar refractivity (Wildman–Crippen MR) is 73.7 cm³/mol. The van der Waals surface area contributed by atoms with Gasteiger partial charge in [-0.2, -0.15) is 0 Å². The smallest absolute Gasteiger partial charge is 0.224 e. The molecule has 1 heterocycles. The van der Waals surface area contributed by atoms with Crippen molar-refractivity contribution in [3.63, 3.8) is 0 Å². The third-order valence-corrected chi connectivity index (χ3v) is 3.62. The van der Waals surface area contributed by atoms with Crippen molar-refractivity contribution in [1.29, 1.82) is 0 Å². The molecule has 0 aliphatic carbocycles. The Morgan fingerprint density at radius 2 is 2.39 bits per heavy atom. The van der Waals surface area contributed by atoms with E-state index in [1.165, 1.54) is 0 Å². The lowest BCUT2D eigenvalue weighted by molar-refractivity contribution is -0.121. The molecule has 1 saturated heterocycles. The normalized spacial score (nSPS) is 23.7. The number of halogens is 1. The van der Waals surface area contributed by atoms with E-state index in [0.29, 0.717) is 17.4 Å². The lowest BCUT2D eigenvalue weighted by Crippen LogP contribution is -2.48. The molecular weight excluding hydrogens is 248 g/mol. The molecule has 0 spiro atoms. The molecule has 1 aliphatic rings. The summed E-state index contributed by atoms with van der Waals surface area (Å²) in [5.74, 6) is 0.568. The van der Waals surface area contributed by atoms with Crippen LogP contribution in [0.5, 0.6) is 0 Å². The number of nitrogens with one attached hydrogen (secondary N) is 2. The van der Waals surface area contributed by atoms with Crippen molar-refractivity contribution in [1.82, 2.24) is 10.6 Å². The number of carbonyl (C=O) groups is 1. The second kappa shape index (κ2) is 6.21. The molecule has 1 aliphatic heterocycles. The minimum absolute atomic E-state index is 0.0796. The summed E-state index contributed by atoms with van der Waals surface area (Å²) in [6.45, 7) is 4.12. The molecule has 3 nitrogen and oxygen atoms in total. The average Bonchev–Trinajstić information content (AvgIpc) is 2.32. The van der Waals surface area contributed by atoms with Crippen LogP contribution in [0.25, 0.3) is 0 Å². The van der Waals surface area contributed by atoms with Crippen LogP contribution in [0.4, 0.5) is 0 Å². The van der Waals surface area contributed by atoms with Gasteiger partial charge < -0.3 is 10.6 Å². The second-order valence-electron chi connectivity index (χ2n) is 4.95. The van der Waals surface area contributed by atoms with E-state index >= 15 is 0 Å². The molecule has 1 aromatic carbocycles. The molecule has 98 valence electrons. The largest absolute Gasteiger partial charge is 0.353 e. The minimum atomic E-state index is 0.0796. The van der Waals surface area contributed by atoms with Gasteiger partial charge in [0.2, 0.25) is 5.91 Å². The standard InChI is InChI=1S/C14H19ClN2O/c1-10-9-16-6-5-13(10)17-14(18)8-11-3-2-4-12(15)7-11/h2-4,7,10,13,16H,5-6,8-9H2,1H3,(H,17,18). The van der Waals surface area contributed by atoms with Gasteiger partial charge in [0.1, 0.15) is 0 Å². The van der Waals surface area contributed by atoms with Gasteiger partial charge in [0, 0.05) is 11.1 Å². The highest BCUT2D eigenvalue weighted by atomic mass is 35.5. The molecular formula is C14H19ClN2O. The first-order chi connectivity index (χ1) is 8.65. The third-order valence-electron chi connectivity index (χ3n) is 3.39. The second-order valence-corrected chi connectivity index (χ2v) is 5.39. The summed E-state index contributed by atoms with van der Waals surface area (Å²) in [7, 11) is 0. The summed E-state index contributed by atoms with van der Waals surface area (Å²) in [6, 6.07) is 7.75. The molecule has 1 fully saturated rings. The van der Waals surface area contributed by atoms with Crippen molar-refractivity contribution in [3.05, 3.63) is 34.9 Å². The van der Waals surface area contributed by atoms with Gasteiger partial charge >= 0.3 is 0 Å². The van der Waals surface area contributed by atoms with Gasteiger partial charge in [-0.3, -0.25) is 4.79 Å². The Kier molecular flexibility index (Phi) is 4.61. The molecule has 2 rings (SSSR count). The molecule has 0 radical (unpaired) electrons. The van der Waals surface area contributed by atoms with Gasteiger partial charge in [-0.05, 0) is 43.1 Å². The zero-order valence-corrected chi connectivity index (χ0v) is 11.3. The van der Waals surface area contributed by atoms with Crippen LogP contribution >= 0.6 is 11.6 Å². The Labute approximate surface area is 113 Å². The van der Waals surface area contributed by atoms with Crippen molar-refractivity contribution in [2.75, 3.05) is 13.1 Å². The van der Waals surface area contributed by atoms with Crippen LogP contribution in [0, 0.1) is 5.92 Å². The van der Waals surface area contributed by atoms with E-state index in [4.69, 9.17) is 11.6 Å². The number of piperidine rings is 1. The van der Waals surface area contributed by atoms with Crippen LogP contribution in [0.2, 0.25) is 5.02 Å². The zero-order chi connectivity index (χ0) is 13.0. The molecule has 18 heavy (non-hydrogen) atoms. The molecule has 2 N–H and O–H groups in total. The number of rotatable bonds is 3. The first-order valence-corrected chi connectivity index (χ1v) is 6.77. The van der Waals surface area contributed by atoms with Crippen molar-refractivity contribution >= 4 is 17.5 Å². The minimum Gasteiger partial charge on any atom is -0.353 e. The van der Waals surface area contributed by atoms with Gasteiger partial charge in [-0.25, -0.2) is 0 Å². The van der Waals surface area contributed by atoms with E-state index in [1.54, 1.807) is 0 Å². The van der Waals surface area contributed by atoms with Crippen LogP contribution < -0.4 is 10.6 Å².